The second-order valence-corrected chi connectivity index (χ2v) is 7.46. The number of amides is 1. The van der Waals surface area contributed by atoms with Gasteiger partial charge in [0.15, 0.2) is 6.04 Å². The summed E-state index contributed by atoms with van der Waals surface area (Å²) in [6.45, 7) is -0.920. The SMILES string of the molecule is CN(C(=O)c1ccccc1)[C@@H](COP(=O)(O)N[C@@H](CCC(=O)O)C(=O)O)C(=O)O. The Morgan fingerprint density at radius 3 is 2.17 bits per heavy atom. The van der Waals surface area contributed by atoms with Crippen LogP contribution in [0.3, 0.4) is 0 Å². The summed E-state index contributed by atoms with van der Waals surface area (Å²) in [6, 6.07) is 4.35. The van der Waals surface area contributed by atoms with E-state index in [9.17, 15) is 33.7 Å². The molecule has 3 atom stereocenters. The van der Waals surface area contributed by atoms with E-state index in [1.807, 2.05) is 0 Å². The number of aliphatic carboxylic acids is 3. The molecule has 5 N–H and O–H groups in total. The van der Waals surface area contributed by atoms with Gasteiger partial charge in [-0.05, 0) is 18.6 Å². The Morgan fingerprint density at radius 2 is 1.69 bits per heavy atom. The van der Waals surface area contributed by atoms with Gasteiger partial charge in [-0.25, -0.2) is 14.4 Å². The van der Waals surface area contributed by atoms with E-state index in [1.54, 1.807) is 23.3 Å². The number of rotatable bonds is 12. The molecule has 1 unspecified atom stereocenters. The third-order valence-electron chi connectivity index (χ3n) is 3.77. The van der Waals surface area contributed by atoms with Crippen molar-refractivity contribution in [3.63, 3.8) is 0 Å². The molecular formula is C16H21N2O10P. The predicted molar refractivity (Wildman–Crippen MR) is 97.2 cm³/mol. The van der Waals surface area contributed by atoms with Crippen LogP contribution >= 0.6 is 7.75 Å². The van der Waals surface area contributed by atoms with E-state index >= 15 is 0 Å². The van der Waals surface area contributed by atoms with Crippen LogP contribution in [0.15, 0.2) is 30.3 Å². The molecule has 13 heteroatoms. The van der Waals surface area contributed by atoms with Gasteiger partial charge >= 0.3 is 25.7 Å². The van der Waals surface area contributed by atoms with E-state index in [1.165, 1.54) is 19.2 Å². The third-order valence-corrected chi connectivity index (χ3v) is 4.90. The minimum absolute atomic E-state index is 0.186. The average Bonchev–Trinajstić information content (AvgIpc) is 2.64. The van der Waals surface area contributed by atoms with E-state index in [-0.39, 0.29) is 5.56 Å². The lowest BCUT2D eigenvalue weighted by molar-refractivity contribution is -0.143. The van der Waals surface area contributed by atoms with Gasteiger partial charge in [0.05, 0.1) is 6.61 Å². The fourth-order valence-corrected chi connectivity index (χ4v) is 3.24. The Bertz CT molecular complexity index is 800. The maximum atomic E-state index is 12.4. The van der Waals surface area contributed by atoms with Crippen LogP contribution in [0, 0.1) is 0 Å². The molecule has 0 aliphatic rings. The summed E-state index contributed by atoms with van der Waals surface area (Å²) in [7, 11) is -3.66. The Kier molecular flexibility index (Phi) is 8.92. The molecule has 0 saturated heterocycles. The lowest BCUT2D eigenvalue weighted by Crippen LogP contribution is -2.45. The van der Waals surface area contributed by atoms with Gasteiger partial charge in [0, 0.05) is 19.0 Å². The van der Waals surface area contributed by atoms with Crippen LogP contribution in [0.25, 0.3) is 0 Å². The van der Waals surface area contributed by atoms with E-state index in [2.05, 4.69) is 4.52 Å². The standard InChI is InChI=1S/C16H21N2O10P/c1-18(14(21)10-5-3-2-4-6-10)12(16(24)25)9-28-29(26,27)17-11(15(22)23)7-8-13(19)20/h2-6,11-12H,7-9H2,1H3,(H,19,20)(H,22,23)(H,24,25)(H2,17,26,27)/t11-,12-/m0/s1. The fourth-order valence-electron chi connectivity index (χ4n) is 2.19. The summed E-state index contributed by atoms with van der Waals surface area (Å²) in [5, 5.41) is 28.7. The first-order valence-electron chi connectivity index (χ1n) is 8.19. The lowest BCUT2D eigenvalue weighted by atomic mass is 10.1. The number of carbonyl (C=O) groups excluding carboxylic acids is 1. The van der Waals surface area contributed by atoms with E-state index in [0.29, 0.717) is 0 Å². The van der Waals surface area contributed by atoms with Gasteiger partial charge in [0.2, 0.25) is 0 Å². The molecule has 29 heavy (non-hydrogen) atoms. The number of hydrogen-bond acceptors (Lipinski definition) is 6. The number of nitrogens with one attached hydrogen (secondary N) is 1. The summed E-state index contributed by atoms with van der Waals surface area (Å²) in [5.41, 5.74) is 0.186. The molecule has 12 nitrogen and oxygen atoms in total. The number of benzene rings is 1. The molecule has 0 bridgehead atoms. The molecule has 1 rings (SSSR count). The van der Waals surface area contributed by atoms with Crippen molar-refractivity contribution >= 4 is 31.6 Å². The van der Waals surface area contributed by atoms with Crippen molar-refractivity contribution in [1.29, 1.82) is 0 Å². The number of likely N-dealkylation sites (N-methyl/N-ethyl adjacent to an activating group) is 1. The van der Waals surface area contributed by atoms with Crippen LogP contribution in [0.4, 0.5) is 0 Å². The summed E-state index contributed by atoms with van der Waals surface area (Å²) < 4.78 is 16.7. The first-order chi connectivity index (χ1) is 13.4. The van der Waals surface area contributed by atoms with Gasteiger partial charge in [0.1, 0.15) is 6.04 Å². The molecule has 0 heterocycles. The highest BCUT2D eigenvalue weighted by Crippen LogP contribution is 2.38. The molecule has 1 aromatic carbocycles. The fraction of sp³-hybridized carbons (Fsp3) is 0.375. The smallest absolute Gasteiger partial charge is 0.403 e. The van der Waals surface area contributed by atoms with Crippen LogP contribution in [0.2, 0.25) is 0 Å². The minimum Gasteiger partial charge on any atom is -0.481 e. The molecule has 0 aliphatic carbocycles. The molecule has 160 valence electrons. The summed E-state index contributed by atoms with van der Waals surface area (Å²) in [6.07, 6.45) is -1.09. The van der Waals surface area contributed by atoms with E-state index < -0.39 is 63.1 Å². The van der Waals surface area contributed by atoms with Crippen molar-refractivity contribution in [2.75, 3.05) is 13.7 Å². The molecule has 0 saturated carbocycles. The first kappa shape index (κ1) is 24.2. The highest BCUT2D eigenvalue weighted by Gasteiger charge is 2.34. The van der Waals surface area contributed by atoms with Gasteiger partial charge in [-0.1, -0.05) is 18.2 Å². The van der Waals surface area contributed by atoms with Crippen molar-refractivity contribution in [3.8, 4) is 0 Å². The minimum atomic E-state index is -4.82. The Balaban J connectivity index is 2.82. The third kappa shape index (κ3) is 8.00. The van der Waals surface area contributed by atoms with Crippen LogP contribution in [-0.4, -0.2) is 74.7 Å². The summed E-state index contributed by atoms with van der Waals surface area (Å²) in [4.78, 5) is 56.1. The molecular weight excluding hydrogens is 411 g/mol. The number of carboxylic acid groups (broad SMARTS) is 3. The van der Waals surface area contributed by atoms with Crippen LogP contribution in [0.5, 0.6) is 0 Å². The zero-order valence-electron chi connectivity index (χ0n) is 15.3. The second-order valence-electron chi connectivity index (χ2n) is 5.90. The van der Waals surface area contributed by atoms with Gasteiger partial charge in [0.25, 0.3) is 5.91 Å². The topological polar surface area (TPSA) is 191 Å². The number of nitrogens with zero attached hydrogens (tertiary/aromatic N) is 1. The zero-order chi connectivity index (χ0) is 22.2. The van der Waals surface area contributed by atoms with Crippen molar-refractivity contribution in [2.24, 2.45) is 0 Å². The molecule has 0 aliphatic heterocycles. The maximum Gasteiger partial charge on any atom is 0.403 e. The molecule has 0 aromatic heterocycles. The highest BCUT2D eigenvalue weighted by atomic mass is 31.2. The van der Waals surface area contributed by atoms with E-state index in [4.69, 9.17) is 10.2 Å². The second kappa shape index (κ2) is 10.7. The number of hydrogen-bond donors (Lipinski definition) is 5. The highest BCUT2D eigenvalue weighted by molar-refractivity contribution is 7.50. The predicted octanol–water partition coefficient (Wildman–Crippen LogP) is 0.236. The lowest BCUT2D eigenvalue weighted by Gasteiger charge is -2.26. The monoisotopic (exact) mass is 432 g/mol. The molecule has 1 amide bonds. The Labute approximate surface area is 165 Å². The molecule has 1 aromatic rings. The first-order valence-corrected chi connectivity index (χ1v) is 9.77. The maximum absolute atomic E-state index is 12.4. The Hall–Kier alpha value is -2.79. The molecule has 0 fully saturated rings. The van der Waals surface area contributed by atoms with Crippen LogP contribution < -0.4 is 5.09 Å². The normalized spacial score (nSPS) is 15.0. The van der Waals surface area contributed by atoms with Crippen molar-refractivity contribution < 1.29 is 48.5 Å². The summed E-state index contributed by atoms with van der Waals surface area (Å²) in [5.74, 6) is -5.08. The number of carboxylic acids is 3. The van der Waals surface area contributed by atoms with Crippen LogP contribution in [0.1, 0.15) is 23.2 Å². The van der Waals surface area contributed by atoms with E-state index in [0.717, 1.165) is 4.90 Å². The molecule has 0 spiro atoms. The summed E-state index contributed by atoms with van der Waals surface area (Å²) >= 11 is 0. The number of carbonyl (C=O) groups is 4. The van der Waals surface area contributed by atoms with Gasteiger partial charge in [-0.15, -0.1) is 0 Å². The van der Waals surface area contributed by atoms with Crippen molar-refractivity contribution in [3.05, 3.63) is 35.9 Å². The zero-order valence-corrected chi connectivity index (χ0v) is 16.2. The van der Waals surface area contributed by atoms with Crippen molar-refractivity contribution in [2.45, 2.75) is 24.9 Å². The van der Waals surface area contributed by atoms with Gasteiger partial charge in [-0.2, -0.15) is 0 Å². The average molecular weight is 432 g/mol. The van der Waals surface area contributed by atoms with Crippen LogP contribution in [-0.2, 0) is 23.5 Å². The quantitative estimate of drug-likeness (QED) is 0.284. The molecule has 0 radical (unpaired) electrons. The van der Waals surface area contributed by atoms with Crippen molar-refractivity contribution in [1.82, 2.24) is 9.99 Å². The largest absolute Gasteiger partial charge is 0.481 e. The van der Waals surface area contributed by atoms with Gasteiger partial charge in [-0.3, -0.25) is 18.9 Å². The Morgan fingerprint density at radius 1 is 1.10 bits per heavy atom. The van der Waals surface area contributed by atoms with Gasteiger partial charge < -0.3 is 25.1 Å².